The largest absolute Gasteiger partial charge is 0.392 e. The van der Waals surface area contributed by atoms with E-state index in [4.69, 9.17) is 18.0 Å². The number of piperidine rings is 1. The average Bonchev–Trinajstić information content (AvgIpc) is 2.97. The van der Waals surface area contributed by atoms with Gasteiger partial charge in [-0.3, -0.25) is 4.79 Å². The summed E-state index contributed by atoms with van der Waals surface area (Å²) >= 11 is 5.29. The van der Waals surface area contributed by atoms with E-state index in [1.54, 1.807) is 0 Å². The van der Waals surface area contributed by atoms with Crippen LogP contribution in [0.1, 0.15) is 64.2 Å². The standard InChI is InChI=1S/C16H26N2OS/c17-14(20)16(9-3-4-10-16)15(19)18-11-5-7-12-6-1-2-8-13(12)18/h12-13H,1-11H2,(H2,17,20)/t12-,13-/m1/s1. The number of nitrogens with zero attached hydrogens (tertiary/aromatic N) is 1. The fourth-order valence-corrected chi connectivity index (χ4v) is 4.99. The number of carbonyl (C=O) groups excluding carboxylic acids is 1. The molecule has 0 bridgehead atoms. The predicted octanol–water partition coefficient (Wildman–Crippen LogP) is 3.01. The lowest BCUT2D eigenvalue weighted by atomic mass is 9.76. The molecule has 0 spiro atoms. The van der Waals surface area contributed by atoms with Gasteiger partial charge in [0.25, 0.3) is 0 Å². The van der Waals surface area contributed by atoms with Gasteiger partial charge in [-0.2, -0.15) is 0 Å². The minimum absolute atomic E-state index is 0.263. The number of nitrogens with two attached hydrogens (primary N) is 1. The summed E-state index contributed by atoms with van der Waals surface area (Å²) in [5, 5.41) is 0. The number of fused-ring (bicyclic) bond motifs is 1. The van der Waals surface area contributed by atoms with E-state index in [1.165, 1.54) is 32.1 Å². The summed E-state index contributed by atoms with van der Waals surface area (Å²) in [4.78, 5) is 15.8. The first-order valence-corrected chi connectivity index (χ1v) is 8.67. The van der Waals surface area contributed by atoms with E-state index in [1.807, 2.05) is 0 Å². The lowest BCUT2D eigenvalue weighted by Gasteiger charge is -2.47. The summed E-state index contributed by atoms with van der Waals surface area (Å²) in [7, 11) is 0. The fourth-order valence-electron chi connectivity index (χ4n) is 4.70. The van der Waals surface area contributed by atoms with Crippen molar-refractivity contribution >= 4 is 23.1 Å². The Balaban J connectivity index is 1.83. The van der Waals surface area contributed by atoms with Gasteiger partial charge in [0.1, 0.15) is 0 Å². The topological polar surface area (TPSA) is 46.3 Å². The fraction of sp³-hybridized carbons (Fsp3) is 0.875. The smallest absolute Gasteiger partial charge is 0.235 e. The van der Waals surface area contributed by atoms with Crippen LogP contribution >= 0.6 is 12.2 Å². The molecule has 0 unspecified atom stereocenters. The van der Waals surface area contributed by atoms with E-state index >= 15 is 0 Å². The summed E-state index contributed by atoms with van der Waals surface area (Å²) in [6.45, 7) is 0.921. The molecule has 3 nitrogen and oxygen atoms in total. The van der Waals surface area contributed by atoms with Crippen LogP contribution in [0.4, 0.5) is 0 Å². The van der Waals surface area contributed by atoms with Crippen LogP contribution in [0.5, 0.6) is 0 Å². The van der Waals surface area contributed by atoms with Crippen LogP contribution in [0.2, 0.25) is 0 Å². The van der Waals surface area contributed by atoms with Crippen molar-refractivity contribution in [1.82, 2.24) is 4.90 Å². The molecular formula is C16H26N2OS. The van der Waals surface area contributed by atoms with E-state index in [2.05, 4.69) is 4.90 Å². The van der Waals surface area contributed by atoms with E-state index in [0.29, 0.717) is 11.0 Å². The summed E-state index contributed by atoms with van der Waals surface area (Å²) in [5.41, 5.74) is 5.49. The van der Waals surface area contributed by atoms with Crippen molar-refractivity contribution in [3.8, 4) is 0 Å². The zero-order chi connectivity index (χ0) is 14.2. The molecule has 2 aliphatic carbocycles. The van der Waals surface area contributed by atoms with Gasteiger partial charge in [0.15, 0.2) is 0 Å². The van der Waals surface area contributed by atoms with Crippen LogP contribution in [0.3, 0.4) is 0 Å². The highest BCUT2D eigenvalue weighted by Gasteiger charge is 2.49. The predicted molar refractivity (Wildman–Crippen MR) is 84.4 cm³/mol. The second kappa shape index (κ2) is 5.63. The van der Waals surface area contributed by atoms with Crippen molar-refractivity contribution in [2.75, 3.05) is 6.54 Å². The normalized spacial score (nSPS) is 32.7. The zero-order valence-electron chi connectivity index (χ0n) is 12.3. The summed E-state index contributed by atoms with van der Waals surface area (Å²) in [6.07, 6.45) is 11.5. The molecule has 2 N–H and O–H groups in total. The highest BCUT2D eigenvalue weighted by atomic mass is 32.1. The molecule has 0 aromatic rings. The number of hydrogen-bond acceptors (Lipinski definition) is 2. The van der Waals surface area contributed by atoms with Crippen LogP contribution in [0.15, 0.2) is 0 Å². The minimum Gasteiger partial charge on any atom is -0.392 e. The van der Waals surface area contributed by atoms with Gasteiger partial charge in [0.2, 0.25) is 5.91 Å². The third kappa shape index (κ3) is 2.26. The van der Waals surface area contributed by atoms with Crippen molar-refractivity contribution in [3.63, 3.8) is 0 Å². The van der Waals surface area contributed by atoms with Crippen LogP contribution in [0, 0.1) is 11.3 Å². The molecule has 2 atom stereocenters. The maximum Gasteiger partial charge on any atom is 0.235 e. The van der Waals surface area contributed by atoms with Crippen LogP contribution in [0.25, 0.3) is 0 Å². The van der Waals surface area contributed by atoms with Crippen LogP contribution in [-0.4, -0.2) is 28.4 Å². The van der Waals surface area contributed by atoms with E-state index < -0.39 is 5.41 Å². The Kier molecular flexibility index (Phi) is 4.02. The van der Waals surface area contributed by atoms with Crippen molar-refractivity contribution in [1.29, 1.82) is 0 Å². The lowest BCUT2D eigenvalue weighted by molar-refractivity contribution is -0.144. The highest BCUT2D eigenvalue weighted by molar-refractivity contribution is 7.80. The van der Waals surface area contributed by atoms with Gasteiger partial charge in [0, 0.05) is 12.6 Å². The molecule has 112 valence electrons. The molecule has 4 heteroatoms. The molecule has 1 amide bonds. The van der Waals surface area contributed by atoms with Crippen molar-refractivity contribution in [2.45, 2.75) is 70.3 Å². The first-order chi connectivity index (χ1) is 9.65. The lowest BCUT2D eigenvalue weighted by Crippen LogP contribution is -2.56. The van der Waals surface area contributed by atoms with Gasteiger partial charge < -0.3 is 10.6 Å². The highest BCUT2D eigenvalue weighted by Crippen LogP contribution is 2.43. The van der Waals surface area contributed by atoms with Gasteiger partial charge in [-0.25, -0.2) is 0 Å². The molecule has 0 aromatic heterocycles. The molecule has 3 fully saturated rings. The van der Waals surface area contributed by atoms with Crippen LogP contribution < -0.4 is 5.73 Å². The molecule has 1 saturated heterocycles. The third-order valence-electron chi connectivity index (χ3n) is 5.84. The summed E-state index contributed by atoms with van der Waals surface area (Å²) in [6, 6.07) is 0.469. The summed E-state index contributed by atoms with van der Waals surface area (Å²) in [5.74, 6) is 0.991. The first-order valence-electron chi connectivity index (χ1n) is 8.26. The Hall–Kier alpha value is -0.640. The Bertz CT molecular complexity index is 401. The minimum atomic E-state index is -0.505. The summed E-state index contributed by atoms with van der Waals surface area (Å²) < 4.78 is 0. The van der Waals surface area contributed by atoms with E-state index in [9.17, 15) is 4.79 Å². The number of hydrogen-bond donors (Lipinski definition) is 1. The quantitative estimate of drug-likeness (QED) is 0.796. The Morgan fingerprint density at radius 2 is 1.70 bits per heavy atom. The molecule has 0 radical (unpaired) electrons. The average molecular weight is 294 g/mol. The molecule has 20 heavy (non-hydrogen) atoms. The first kappa shape index (κ1) is 14.3. The Labute approximate surface area is 127 Å². The molecule has 1 heterocycles. The Morgan fingerprint density at radius 1 is 1.05 bits per heavy atom. The van der Waals surface area contributed by atoms with Gasteiger partial charge in [-0.1, -0.05) is 37.9 Å². The molecule has 3 rings (SSSR count). The second-order valence-corrected chi connectivity index (χ2v) is 7.35. The number of carbonyl (C=O) groups is 1. The van der Waals surface area contributed by atoms with Crippen molar-refractivity contribution < 1.29 is 4.79 Å². The molecular weight excluding hydrogens is 268 g/mol. The zero-order valence-corrected chi connectivity index (χ0v) is 13.1. The molecule has 0 aromatic carbocycles. The number of thiocarbonyl (C=S) groups is 1. The van der Waals surface area contributed by atoms with Gasteiger partial charge in [0.05, 0.1) is 10.4 Å². The van der Waals surface area contributed by atoms with Crippen molar-refractivity contribution in [3.05, 3.63) is 0 Å². The molecule has 1 aliphatic heterocycles. The third-order valence-corrected chi connectivity index (χ3v) is 6.23. The van der Waals surface area contributed by atoms with Gasteiger partial charge in [-0.15, -0.1) is 0 Å². The van der Waals surface area contributed by atoms with E-state index in [0.717, 1.165) is 44.6 Å². The van der Waals surface area contributed by atoms with Crippen LogP contribution in [-0.2, 0) is 4.79 Å². The molecule has 2 saturated carbocycles. The number of rotatable bonds is 2. The maximum absolute atomic E-state index is 13.2. The Morgan fingerprint density at radius 3 is 2.40 bits per heavy atom. The van der Waals surface area contributed by atoms with Crippen molar-refractivity contribution in [2.24, 2.45) is 17.1 Å². The second-order valence-electron chi connectivity index (χ2n) is 6.91. The number of amides is 1. The van der Waals surface area contributed by atoms with Gasteiger partial charge in [-0.05, 0) is 44.4 Å². The van der Waals surface area contributed by atoms with E-state index in [-0.39, 0.29) is 5.91 Å². The van der Waals surface area contributed by atoms with Gasteiger partial charge >= 0.3 is 0 Å². The SMILES string of the molecule is NC(=S)C1(C(=O)N2CCC[C@H]3CCCC[C@H]32)CCCC1. The molecule has 3 aliphatic rings. The number of likely N-dealkylation sites (tertiary alicyclic amines) is 1. The monoisotopic (exact) mass is 294 g/mol. The maximum atomic E-state index is 13.2.